The number of hydrogen-bond acceptors (Lipinski definition) is 5. The lowest BCUT2D eigenvalue weighted by Gasteiger charge is -2.44. The van der Waals surface area contributed by atoms with E-state index in [1.54, 1.807) is 11.3 Å². The highest BCUT2D eigenvalue weighted by Crippen LogP contribution is 2.30. The van der Waals surface area contributed by atoms with Gasteiger partial charge >= 0.3 is 0 Å². The summed E-state index contributed by atoms with van der Waals surface area (Å²) in [6.45, 7) is 5.34. The fourth-order valence-electron chi connectivity index (χ4n) is 4.17. The van der Waals surface area contributed by atoms with Crippen LogP contribution in [0.5, 0.6) is 0 Å². The number of piperidine rings is 3. The summed E-state index contributed by atoms with van der Waals surface area (Å²) >= 11 is 1.66. The molecular weight excluding hydrogens is 346 g/mol. The first-order valence-electron chi connectivity index (χ1n) is 9.11. The van der Waals surface area contributed by atoms with E-state index in [0.717, 1.165) is 28.0 Å². The Morgan fingerprint density at radius 1 is 1.35 bits per heavy atom. The van der Waals surface area contributed by atoms with E-state index >= 15 is 0 Å². The lowest BCUT2D eigenvalue weighted by Crippen LogP contribution is -2.57. The number of amides is 1. The fraction of sp³-hybridized carbons (Fsp3) is 0.421. The van der Waals surface area contributed by atoms with Gasteiger partial charge in [-0.3, -0.25) is 9.89 Å². The number of nitrogens with zero attached hydrogens (tertiary/aromatic N) is 3. The molecule has 6 rings (SSSR count). The molecule has 3 fully saturated rings. The van der Waals surface area contributed by atoms with E-state index < -0.39 is 0 Å². The van der Waals surface area contributed by atoms with Crippen molar-refractivity contribution in [1.29, 1.82) is 0 Å². The molecule has 3 saturated heterocycles. The molecule has 3 aliphatic rings. The van der Waals surface area contributed by atoms with Crippen molar-refractivity contribution in [2.75, 3.05) is 19.6 Å². The average Bonchev–Trinajstić information content (AvgIpc) is 3.28. The predicted molar refractivity (Wildman–Crippen MR) is 102 cm³/mol. The molecule has 3 aromatic rings. The van der Waals surface area contributed by atoms with Gasteiger partial charge in [-0.05, 0) is 57.0 Å². The summed E-state index contributed by atoms with van der Waals surface area (Å²) in [6.07, 6.45) is 4.24. The van der Waals surface area contributed by atoms with Crippen LogP contribution in [0, 0.1) is 12.8 Å². The van der Waals surface area contributed by atoms with Gasteiger partial charge in [-0.1, -0.05) is 0 Å². The van der Waals surface area contributed by atoms with E-state index in [1.165, 1.54) is 30.8 Å². The Balaban J connectivity index is 1.43. The van der Waals surface area contributed by atoms with Gasteiger partial charge in [0.25, 0.3) is 5.91 Å². The van der Waals surface area contributed by atoms with Gasteiger partial charge in [0, 0.05) is 34.6 Å². The van der Waals surface area contributed by atoms with Crippen molar-refractivity contribution in [2.45, 2.75) is 25.8 Å². The number of carbonyl (C=O) groups is 1. The second-order valence-corrected chi connectivity index (χ2v) is 8.56. The second-order valence-electron chi connectivity index (χ2n) is 7.33. The molecule has 0 unspecified atom stereocenters. The zero-order valence-corrected chi connectivity index (χ0v) is 15.5. The summed E-state index contributed by atoms with van der Waals surface area (Å²) in [5.41, 5.74) is 2.38. The molecule has 134 valence electrons. The Labute approximate surface area is 155 Å². The Morgan fingerprint density at radius 3 is 2.88 bits per heavy atom. The molecule has 7 heteroatoms. The number of carbonyl (C=O) groups excluding carboxylic acids is 1. The number of H-pyrrole nitrogens is 1. The van der Waals surface area contributed by atoms with Gasteiger partial charge in [-0.25, -0.2) is 4.98 Å². The summed E-state index contributed by atoms with van der Waals surface area (Å²) < 4.78 is 0. The smallest absolute Gasteiger partial charge is 0.272 e. The van der Waals surface area contributed by atoms with Crippen molar-refractivity contribution >= 4 is 28.1 Å². The van der Waals surface area contributed by atoms with Gasteiger partial charge in [0.1, 0.15) is 5.01 Å². The Kier molecular flexibility index (Phi) is 3.79. The van der Waals surface area contributed by atoms with Crippen LogP contribution in [0.2, 0.25) is 0 Å². The highest BCUT2D eigenvalue weighted by Gasteiger charge is 2.35. The van der Waals surface area contributed by atoms with Crippen LogP contribution in [0.4, 0.5) is 0 Å². The highest BCUT2D eigenvalue weighted by molar-refractivity contribution is 7.14. The van der Waals surface area contributed by atoms with E-state index in [-0.39, 0.29) is 11.9 Å². The average molecular weight is 367 g/mol. The first kappa shape index (κ1) is 16.0. The number of aryl methyl sites for hydroxylation is 1. The van der Waals surface area contributed by atoms with Gasteiger partial charge < -0.3 is 10.2 Å². The van der Waals surface area contributed by atoms with Gasteiger partial charge in [-0.15, -0.1) is 11.3 Å². The van der Waals surface area contributed by atoms with Gasteiger partial charge in [0.15, 0.2) is 5.69 Å². The summed E-state index contributed by atoms with van der Waals surface area (Å²) in [4.78, 5) is 21.0. The van der Waals surface area contributed by atoms with Crippen LogP contribution in [0.3, 0.4) is 0 Å². The Bertz CT molecular complexity index is 969. The summed E-state index contributed by atoms with van der Waals surface area (Å²) in [6, 6.07) is 6.25. The van der Waals surface area contributed by atoms with Crippen molar-refractivity contribution in [3.63, 3.8) is 0 Å². The molecule has 26 heavy (non-hydrogen) atoms. The zero-order chi connectivity index (χ0) is 17.7. The van der Waals surface area contributed by atoms with E-state index in [9.17, 15) is 4.79 Å². The molecule has 2 bridgehead atoms. The van der Waals surface area contributed by atoms with Gasteiger partial charge in [0.05, 0.1) is 5.52 Å². The van der Waals surface area contributed by atoms with Crippen LogP contribution in [0.25, 0.3) is 21.5 Å². The molecule has 1 aromatic carbocycles. The quantitative estimate of drug-likeness (QED) is 0.747. The Morgan fingerprint density at radius 2 is 2.19 bits per heavy atom. The molecule has 1 amide bonds. The summed E-state index contributed by atoms with van der Waals surface area (Å²) in [5.74, 6) is 0.519. The van der Waals surface area contributed by atoms with Crippen molar-refractivity contribution in [3.8, 4) is 10.6 Å². The van der Waals surface area contributed by atoms with E-state index in [2.05, 4.69) is 25.4 Å². The molecule has 0 radical (unpaired) electrons. The molecule has 0 saturated carbocycles. The number of aromatic nitrogens is 3. The lowest BCUT2D eigenvalue weighted by molar-refractivity contribution is 0.0618. The van der Waals surface area contributed by atoms with Crippen molar-refractivity contribution in [1.82, 2.24) is 25.4 Å². The van der Waals surface area contributed by atoms with Crippen LogP contribution in [-0.2, 0) is 0 Å². The third-order valence-electron chi connectivity index (χ3n) is 5.62. The minimum absolute atomic E-state index is 0.0810. The minimum atomic E-state index is -0.0810. The number of thiazole rings is 1. The predicted octanol–water partition coefficient (Wildman–Crippen LogP) is 2.82. The molecular formula is C19H21N5OS. The van der Waals surface area contributed by atoms with Crippen molar-refractivity contribution < 1.29 is 4.79 Å². The van der Waals surface area contributed by atoms with E-state index in [0.29, 0.717) is 11.6 Å². The first-order chi connectivity index (χ1) is 12.7. The maximum atomic E-state index is 12.9. The van der Waals surface area contributed by atoms with Crippen molar-refractivity contribution in [3.05, 3.63) is 35.0 Å². The Hall–Kier alpha value is -2.25. The molecule has 2 N–H and O–H groups in total. The topological polar surface area (TPSA) is 73.9 Å². The van der Waals surface area contributed by atoms with Crippen LogP contribution >= 0.6 is 11.3 Å². The highest BCUT2D eigenvalue weighted by atomic mass is 32.1. The van der Waals surface area contributed by atoms with Gasteiger partial charge in [-0.2, -0.15) is 5.10 Å². The fourth-order valence-corrected chi connectivity index (χ4v) is 4.93. The van der Waals surface area contributed by atoms with Gasteiger partial charge in [0.2, 0.25) is 0 Å². The second kappa shape index (κ2) is 6.17. The normalized spacial score (nSPS) is 24.9. The van der Waals surface area contributed by atoms with Crippen LogP contribution in [-0.4, -0.2) is 51.7 Å². The third kappa shape index (κ3) is 2.71. The third-order valence-corrected chi connectivity index (χ3v) is 6.58. The summed E-state index contributed by atoms with van der Waals surface area (Å²) in [5, 5.41) is 12.3. The molecule has 0 aliphatic carbocycles. The van der Waals surface area contributed by atoms with Crippen molar-refractivity contribution in [2.24, 2.45) is 5.92 Å². The maximum absolute atomic E-state index is 12.9. The zero-order valence-electron chi connectivity index (χ0n) is 14.7. The molecule has 3 aliphatic heterocycles. The maximum Gasteiger partial charge on any atom is 0.272 e. The van der Waals surface area contributed by atoms with Crippen LogP contribution < -0.4 is 5.32 Å². The number of aromatic amines is 1. The molecule has 0 spiro atoms. The number of hydrogen-bond donors (Lipinski definition) is 2. The number of rotatable bonds is 3. The molecule has 2 aromatic heterocycles. The van der Waals surface area contributed by atoms with E-state index in [1.807, 2.05) is 31.3 Å². The number of benzene rings is 1. The van der Waals surface area contributed by atoms with E-state index in [4.69, 9.17) is 0 Å². The molecule has 5 heterocycles. The lowest BCUT2D eigenvalue weighted by atomic mass is 9.84. The largest absolute Gasteiger partial charge is 0.346 e. The molecule has 6 nitrogen and oxygen atoms in total. The summed E-state index contributed by atoms with van der Waals surface area (Å²) in [7, 11) is 0. The first-order valence-corrected chi connectivity index (χ1v) is 9.93. The van der Waals surface area contributed by atoms with Crippen LogP contribution in [0.15, 0.2) is 24.4 Å². The monoisotopic (exact) mass is 367 g/mol. The SMILES string of the molecule is Cc1cnc(-c2ccc3[nH]nc(C(=O)N[C@H]4CN5CCC4CC5)c3c2)s1. The number of nitrogens with one attached hydrogen (secondary N) is 2. The standard InChI is InChI=1S/C19H21N5OS/c1-11-9-20-19(26-11)13-2-3-15-14(8-13)17(23-22-15)18(25)21-16-10-24-6-4-12(16)5-7-24/h2-3,8-9,12,16H,4-7,10H2,1H3,(H,21,25)(H,22,23)/t16-/m0/s1. The number of fused-ring (bicyclic) bond motifs is 4. The minimum Gasteiger partial charge on any atom is -0.346 e. The molecule has 1 atom stereocenters. The van der Waals surface area contributed by atoms with Crippen LogP contribution in [0.1, 0.15) is 28.2 Å².